The number of carboxylic acid groups (broad SMARTS) is 1. The molecule has 27 heavy (non-hydrogen) atoms. The van der Waals surface area contributed by atoms with Crippen LogP contribution in [0.3, 0.4) is 0 Å². The lowest BCUT2D eigenvalue weighted by Gasteiger charge is -2.08. The van der Waals surface area contributed by atoms with E-state index in [-0.39, 0.29) is 5.69 Å². The standard InChI is InChI=1S/C19H16N4O4/c24-18(25)12-27-17-9-5-4-8-14(17)11-20-23-19(26)16-10-15(21-22-16)13-6-2-1-3-7-13/h1-11H,12H2,(H,21,22)(H,23,26)(H,24,25)/p-1/b20-11-. The van der Waals surface area contributed by atoms with Crippen LogP contribution < -0.4 is 15.3 Å². The summed E-state index contributed by atoms with van der Waals surface area (Å²) in [5.41, 5.74) is 4.67. The fourth-order valence-electron chi connectivity index (χ4n) is 2.27. The number of hydrogen-bond donors (Lipinski definition) is 2. The van der Waals surface area contributed by atoms with Gasteiger partial charge in [0.2, 0.25) is 0 Å². The van der Waals surface area contributed by atoms with E-state index in [2.05, 4.69) is 20.7 Å². The number of carbonyl (C=O) groups is 2. The van der Waals surface area contributed by atoms with Crippen LogP contribution in [0.2, 0.25) is 0 Å². The van der Waals surface area contributed by atoms with Crippen LogP contribution >= 0.6 is 0 Å². The topological polar surface area (TPSA) is 120 Å². The van der Waals surface area contributed by atoms with Crippen molar-refractivity contribution >= 4 is 18.1 Å². The number of nitrogens with one attached hydrogen (secondary N) is 2. The van der Waals surface area contributed by atoms with Gasteiger partial charge < -0.3 is 14.6 Å². The molecule has 0 aliphatic rings. The Morgan fingerprint density at radius 2 is 1.89 bits per heavy atom. The molecular formula is C19H15N4O4-. The molecule has 1 aromatic heterocycles. The van der Waals surface area contributed by atoms with Crippen LogP contribution in [0.5, 0.6) is 5.75 Å². The number of amides is 1. The highest BCUT2D eigenvalue weighted by atomic mass is 16.5. The zero-order valence-corrected chi connectivity index (χ0v) is 14.1. The fraction of sp³-hybridized carbons (Fsp3) is 0.0526. The van der Waals surface area contributed by atoms with Gasteiger partial charge in [0, 0.05) is 11.1 Å². The fourth-order valence-corrected chi connectivity index (χ4v) is 2.27. The van der Waals surface area contributed by atoms with Crippen molar-refractivity contribution in [3.8, 4) is 17.0 Å². The van der Waals surface area contributed by atoms with E-state index in [9.17, 15) is 14.7 Å². The van der Waals surface area contributed by atoms with E-state index in [0.29, 0.717) is 17.0 Å². The lowest BCUT2D eigenvalue weighted by Crippen LogP contribution is -2.29. The molecule has 1 amide bonds. The first-order chi connectivity index (χ1) is 13.1. The lowest BCUT2D eigenvalue weighted by atomic mass is 10.1. The maximum absolute atomic E-state index is 12.2. The van der Waals surface area contributed by atoms with Crippen molar-refractivity contribution in [2.75, 3.05) is 6.61 Å². The largest absolute Gasteiger partial charge is 0.546 e. The van der Waals surface area contributed by atoms with Crippen molar-refractivity contribution in [1.82, 2.24) is 15.6 Å². The van der Waals surface area contributed by atoms with E-state index in [4.69, 9.17) is 4.74 Å². The molecule has 2 aromatic carbocycles. The van der Waals surface area contributed by atoms with Gasteiger partial charge in [-0.3, -0.25) is 9.89 Å². The van der Waals surface area contributed by atoms with Crippen molar-refractivity contribution in [1.29, 1.82) is 0 Å². The van der Waals surface area contributed by atoms with Gasteiger partial charge in [0.25, 0.3) is 5.91 Å². The zero-order valence-electron chi connectivity index (χ0n) is 14.1. The second-order valence-electron chi connectivity index (χ2n) is 5.43. The normalized spacial score (nSPS) is 10.7. The summed E-state index contributed by atoms with van der Waals surface area (Å²) in [6, 6.07) is 17.7. The van der Waals surface area contributed by atoms with E-state index in [1.807, 2.05) is 30.3 Å². The minimum Gasteiger partial charge on any atom is -0.546 e. The van der Waals surface area contributed by atoms with E-state index < -0.39 is 18.5 Å². The molecule has 0 atom stereocenters. The Morgan fingerprint density at radius 3 is 2.67 bits per heavy atom. The summed E-state index contributed by atoms with van der Waals surface area (Å²) in [5, 5.41) is 21.2. The van der Waals surface area contributed by atoms with Crippen LogP contribution in [0.4, 0.5) is 0 Å². The third-order valence-corrected chi connectivity index (χ3v) is 3.53. The first-order valence-electron chi connectivity index (χ1n) is 7.99. The van der Waals surface area contributed by atoms with Gasteiger partial charge in [-0.05, 0) is 18.2 Å². The molecule has 3 rings (SSSR count). The Morgan fingerprint density at radius 1 is 1.15 bits per heavy atom. The molecule has 0 bridgehead atoms. The molecule has 0 fully saturated rings. The van der Waals surface area contributed by atoms with Gasteiger partial charge in [-0.15, -0.1) is 0 Å². The molecular weight excluding hydrogens is 348 g/mol. The Kier molecular flexibility index (Phi) is 5.58. The zero-order chi connectivity index (χ0) is 19.1. The number of benzene rings is 2. The van der Waals surface area contributed by atoms with Crippen molar-refractivity contribution in [3.05, 3.63) is 71.9 Å². The average Bonchev–Trinajstić information content (AvgIpc) is 3.18. The minimum absolute atomic E-state index is 0.257. The number of para-hydroxylation sites is 1. The van der Waals surface area contributed by atoms with Crippen molar-refractivity contribution < 1.29 is 19.4 Å². The van der Waals surface area contributed by atoms with Crippen molar-refractivity contribution in [2.24, 2.45) is 5.10 Å². The molecule has 1 heterocycles. The molecule has 3 aromatic rings. The first-order valence-corrected chi connectivity index (χ1v) is 7.99. The number of carbonyl (C=O) groups excluding carboxylic acids is 2. The van der Waals surface area contributed by atoms with Gasteiger partial charge in [0.05, 0.1) is 17.9 Å². The molecule has 0 unspecified atom stereocenters. The number of aromatic nitrogens is 2. The first kappa shape index (κ1) is 17.9. The van der Waals surface area contributed by atoms with Crippen molar-refractivity contribution in [3.63, 3.8) is 0 Å². The third-order valence-electron chi connectivity index (χ3n) is 3.53. The summed E-state index contributed by atoms with van der Waals surface area (Å²) in [7, 11) is 0. The quantitative estimate of drug-likeness (QED) is 0.479. The third kappa shape index (κ3) is 4.79. The van der Waals surface area contributed by atoms with E-state index in [1.54, 1.807) is 30.3 Å². The molecule has 0 saturated heterocycles. The molecule has 2 N–H and O–H groups in total. The van der Waals surface area contributed by atoms with Gasteiger partial charge in [-0.2, -0.15) is 10.2 Å². The highest BCUT2D eigenvalue weighted by Crippen LogP contribution is 2.17. The molecule has 0 aliphatic carbocycles. The van der Waals surface area contributed by atoms with Gasteiger partial charge in [0.1, 0.15) is 18.1 Å². The van der Waals surface area contributed by atoms with Crippen LogP contribution in [0.15, 0.2) is 65.8 Å². The van der Waals surface area contributed by atoms with Crippen LogP contribution in [-0.2, 0) is 4.79 Å². The molecule has 0 saturated carbocycles. The number of nitrogens with zero attached hydrogens (tertiary/aromatic N) is 2. The predicted molar refractivity (Wildman–Crippen MR) is 96.0 cm³/mol. The number of carboxylic acids is 1. The minimum atomic E-state index is -1.33. The van der Waals surface area contributed by atoms with E-state index in [0.717, 1.165) is 5.56 Å². The summed E-state index contributed by atoms with van der Waals surface area (Å²) in [5.74, 6) is -1.48. The summed E-state index contributed by atoms with van der Waals surface area (Å²) < 4.78 is 5.11. The summed E-state index contributed by atoms with van der Waals surface area (Å²) in [4.78, 5) is 22.7. The number of H-pyrrole nitrogens is 1. The van der Waals surface area contributed by atoms with Crippen molar-refractivity contribution in [2.45, 2.75) is 0 Å². The number of hydrazone groups is 1. The Balaban J connectivity index is 1.64. The number of ether oxygens (including phenoxy) is 1. The smallest absolute Gasteiger partial charge is 0.289 e. The Hall–Kier alpha value is -3.94. The van der Waals surface area contributed by atoms with Crippen LogP contribution in [0, 0.1) is 0 Å². The lowest BCUT2D eigenvalue weighted by molar-refractivity contribution is -0.307. The summed E-state index contributed by atoms with van der Waals surface area (Å²) in [6.07, 6.45) is 1.36. The van der Waals surface area contributed by atoms with Gasteiger partial charge in [-0.1, -0.05) is 42.5 Å². The molecule has 0 spiro atoms. The molecule has 136 valence electrons. The monoisotopic (exact) mass is 363 g/mol. The molecule has 0 radical (unpaired) electrons. The van der Waals surface area contributed by atoms with Gasteiger partial charge in [-0.25, -0.2) is 5.43 Å². The van der Waals surface area contributed by atoms with Crippen LogP contribution in [0.25, 0.3) is 11.3 Å². The highest BCUT2D eigenvalue weighted by Gasteiger charge is 2.10. The SMILES string of the molecule is O=C([O-])COc1ccccc1/C=N\NC(=O)c1cc(-c2ccccc2)n[nH]1. The number of aliphatic carboxylic acids is 1. The van der Waals surface area contributed by atoms with Gasteiger partial charge >= 0.3 is 0 Å². The average molecular weight is 363 g/mol. The maximum atomic E-state index is 12.2. The number of rotatable bonds is 7. The molecule has 8 heteroatoms. The predicted octanol–water partition coefficient (Wildman–Crippen LogP) is 0.969. The molecule has 0 aliphatic heterocycles. The van der Waals surface area contributed by atoms with E-state index >= 15 is 0 Å². The Labute approximate surface area is 154 Å². The van der Waals surface area contributed by atoms with Crippen LogP contribution in [0.1, 0.15) is 16.1 Å². The summed E-state index contributed by atoms with van der Waals surface area (Å²) >= 11 is 0. The number of aromatic amines is 1. The van der Waals surface area contributed by atoms with Crippen LogP contribution in [-0.4, -0.2) is 34.9 Å². The maximum Gasteiger partial charge on any atom is 0.289 e. The number of hydrogen-bond acceptors (Lipinski definition) is 6. The highest BCUT2D eigenvalue weighted by molar-refractivity contribution is 5.94. The second-order valence-corrected chi connectivity index (χ2v) is 5.43. The molecule has 8 nitrogen and oxygen atoms in total. The Bertz CT molecular complexity index is 967. The van der Waals surface area contributed by atoms with Gasteiger partial charge in [0.15, 0.2) is 0 Å². The summed E-state index contributed by atoms with van der Waals surface area (Å²) in [6.45, 7) is -0.576. The second kappa shape index (κ2) is 8.43. The van der Waals surface area contributed by atoms with E-state index in [1.165, 1.54) is 6.21 Å².